The summed E-state index contributed by atoms with van der Waals surface area (Å²) in [6.45, 7) is 1.76. The molecule has 7 heteroatoms. The van der Waals surface area contributed by atoms with E-state index in [0.29, 0.717) is 0 Å². The van der Waals surface area contributed by atoms with Gasteiger partial charge in [-0.15, -0.1) is 11.8 Å². The topological polar surface area (TPSA) is 81.7 Å². The van der Waals surface area contributed by atoms with Gasteiger partial charge in [0.25, 0.3) is 0 Å². The van der Waals surface area contributed by atoms with Gasteiger partial charge in [0.15, 0.2) is 0 Å². The van der Waals surface area contributed by atoms with E-state index in [1.165, 1.54) is 44.2 Å². The zero-order valence-corrected chi connectivity index (χ0v) is 15.5. The first kappa shape index (κ1) is 19.5. The Balaban J connectivity index is 2.23. The Morgan fingerprint density at radius 1 is 0.962 bits per heavy atom. The van der Waals surface area contributed by atoms with Crippen LogP contribution in [0.25, 0.3) is 0 Å². The van der Waals surface area contributed by atoms with Crippen LogP contribution in [-0.2, 0) is 14.3 Å². The lowest BCUT2D eigenvalue weighted by Crippen LogP contribution is -2.24. The van der Waals surface area contributed by atoms with Crippen LogP contribution in [0.3, 0.4) is 0 Å². The lowest BCUT2D eigenvalue weighted by molar-refractivity contribution is -0.115. The van der Waals surface area contributed by atoms with Crippen LogP contribution >= 0.6 is 11.8 Å². The van der Waals surface area contributed by atoms with Gasteiger partial charge in [0.1, 0.15) is 0 Å². The highest BCUT2D eigenvalue weighted by molar-refractivity contribution is 8.00. The highest BCUT2D eigenvalue weighted by Crippen LogP contribution is 2.25. The molecule has 26 heavy (non-hydrogen) atoms. The van der Waals surface area contributed by atoms with Gasteiger partial charge in [-0.1, -0.05) is 18.2 Å². The molecule has 0 saturated heterocycles. The number of hydrogen-bond donors (Lipinski definition) is 1. The van der Waals surface area contributed by atoms with E-state index in [4.69, 9.17) is 4.74 Å². The number of hydrogen-bond acceptors (Lipinski definition) is 6. The summed E-state index contributed by atoms with van der Waals surface area (Å²) < 4.78 is 9.41. The molecule has 1 amide bonds. The maximum absolute atomic E-state index is 12.5. The minimum absolute atomic E-state index is 0.158. The molecule has 136 valence electrons. The minimum Gasteiger partial charge on any atom is -0.465 e. The summed E-state index contributed by atoms with van der Waals surface area (Å²) in [5, 5.41) is 2.28. The van der Waals surface area contributed by atoms with Crippen molar-refractivity contribution in [3.05, 3.63) is 59.7 Å². The van der Waals surface area contributed by atoms with Crippen molar-refractivity contribution in [2.45, 2.75) is 17.1 Å². The van der Waals surface area contributed by atoms with Crippen LogP contribution in [-0.4, -0.2) is 37.3 Å². The summed E-state index contributed by atoms with van der Waals surface area (Å²) in [5.74, 6) is -1.48. The maximum atomic E-state index is 12.5. The molecule has 0 aliphatic rings. The van der Waals surface area contributed by atoms with Crippen molar-refractivity contribution in [1.82, 2.24) is 0 Å². The van der Waals surface area contributed by atoms with Crippen molar-refractivity contribution in [2.24, 2.45) is 0 Å². The van der Waals surface area contributed by atoms with Gasteiger partial charge in [-0.3, -0.25) is 4.79 Å². The van der Waals surface area contributed by atoms with Gasteiger partial charge in [0.2, 0.25) is 5.91 Å². The number of esters is 2. The predicted molar refractivity (Wildman–Crippen MR) is 99.5 cm³/mol. The first-order valence-corrected chi connectivity index (χ1v) is 8.67. The van der Waals surface area contributed by atoms with Gasteiger partial charge in [0, 0.05) is 4.90 Å². The summed E-state index contributed by atoms with van der Waals surface area (Å²) >= 11 is 1.39. The Bertz CT molecular complexity index is 807. The molecule has 0 aliphatic heterocycles. The van der Waals surface area contributed by atoms with Crippen molar-refractivity contribution in [2.75, 3.05) is 19.5 Å². The van der Waals surface area contributed by atoms with Crippen molar-refractivity contribution in [1.29, 1.82) is 0 Å². The van der Waals surface area contributed by atoms with Crippen molar-refractivity contribution in [3.63, 3.8) is 0 Å². The number of rotatable bonds is 6. The molecule has 1 atom stereocenters. The van der Waals surface area contributed by atoms with E-state index >= 15 is 0 Å². The van der Waals surface area contributed by atoms with Crippen LogP contribution in [0.2, 0.25) is 0 Å². The standard InChI is InChI=1S/C19H19NO5S/c1-12(26-14-7-5-4-6-8-14)17(21)20-16-11-13(18(22)24-2)9-10-15(16)19(23)25-3/h4-12H,1-3H3,(H,20,21). The van der Waals surface area contributed by atoms with E-state index < -0.39 is 17.2 Å². The number of methoxy groups -OCH3 is 2. The zero-order chi connectivity index (χ0) is 19.1. The molecule has 2 aromatic rings. The predicted octanol–water partition coefficient (Wildman–Crippen LogP) is 3.38. The number of benzene rings is 2. The Hall–Kier alpha value is -2.80. The number of nitrogens with one attached hydrogen (secondary N) is 1. The fraction of sp³-hybridized carbons (Fsp3) is 0.211. The van der Waals surface area contributed by atoms with Crippen molar-refractivity contribution in [3.8, 4) is 0 Å². The fourth-order valence-corrected chi connectivity index (χ4v) is 3.06. The molecule has 0 heterocycles. The Morgan fingerprint density at radius 2 is 1.62 bits per heavy atom. The molecule has 1 N–H and O–H groups in total. The number of amides is 1. The number of carbonyl (C=O) groups is 3. The van der Waals surface area contributed by atoms with Gasteiger partial charge in [-0.25, -0.2) is 9.59 Å². The smallest absolute Gasteiger partial charge is 0.339 e. The zero-order valence-electron chi connectivity index (χ0n) is 14.6. The molecule has 0 aliphatic carbocycles. The molecule has 0 radical (unpaired) electrons. The van der Waals surface area contributed by atoms with Crippen LogP contribution in [0.15, 0.2) is 53.4 Å². The number of anilines is 1. The summed E-state index contributed by atoms with van der Waals surface area (Å²) in [5.41, 5.74) is 0.578. The Morgan fingerprint density at radius 3 is 2.23 bits per heavy atom. The third-order valence-corrected chi connectivity index (χ3v) is 4.64. The Kier molecular flexibility index (Phi) is 6.80. The van der Waals surface area contributed by atoms with E-state index in [9.17, 15) is 14.4 Å². The normalized spacial score (nSPS) is 11.3. The van der Waals surface area contributed by atoms with E-state index in [1.807, 2.05) is 30.3 Å². The minimum atomic E-state index is -0.611. The largest absolute Gasteiger partial charge is 0.465 e. The van der Waals surface area contributed by atoms with Crippen LogP contribution in [0.4, 0.5) is 5.69 Å². The van der Waals surface area contributed by atoms with Gasteiger partial charge in [0.05, 0.1) is 36.3 Å². The van der Waals surface area contributed by atoms with E-state index in [-0.39, 0.29) is 22.7 Å². The third-order valence-electron chi connectivity index (χ3n) is 3.53. The van der Waals surface area contributed by atoms with Crippen molar-refractivity contribution >= 4 is 35.3 Å². The second-order valence-corrected chi connectivity index (χ2v) is 6.72. The van der Waals surface area contributed by atoms with Crippen molar-refractivity contribution < 1.29 is 23.9 Å². The molecule has 2 aromatic carbocycles. The van der Waals surface area contributed by atoms with Gasteiger partial charge >= 0.3 is 11.9 Å². The summed E-state index contributed by atoms with van der Waals surface area (Å²) in [6.07, 6.45) is 0. The molecule has 0 spiro atoms. The third kappa shape index (κ3) is 4.86. The molecule has 0 aromatic heterocycles. The van der Waals surface area contributed by atoms with E-state index in [0.717, 1.165) is 4.90 Å². The molecular formula is C19H19NO5S. The highest BCUT2D eigenvalue weighted by Gasteiger charge is 2.20. The van der Waals surface area contributed by atoms with E-state index in [2.05, 4.69) is 10.1 Å². The molecule has 0 fully saturated rings. The molecular weight excluding hydrogens is 354 g/mol. The maximum Gasteiger partial charge on any atom is 0.339 e. The van der Waals surface area contributed by atoms with Crippen LogP contribution < -0.4 is 5.32 Å². The van der Waals surface area contributed by atoms with Gasteiger partial charge in [-0.05, 0) is 37.3 Å². The average Bonchev–Trinajstić information content (AvgIpc) is 2.67. The summed E-state index contributed by atoms with van der Waals surface area (Å²) in [6, 6.07) is 13.8. The van der Waals surface area contributed by atoms with Gasteiger partial charge in [-0.2, -0.15) is 0 Å². The number of carbonyl (C=O) groups excluding carboxylic acids is 3. The van der Waals surface area contributed by atoms with Crippen LogP contribution in [0, 0.1) is 0 Å². The highest BCUT2D eigenvalue weighted by atomic mass is 32.2. The van der Waals surface area contributed by atoms with Crippen LogP contribution in [0.1, 0.15) is 27.6 Å². The first-order chi connectivity index (χ1) is 12.5. The molecule has 1 unspecified atom stereocenters. The monoisotopic (exact) mass is 373 g/mol. The quantitative estimate of drug-likeness (QED) is 0.617. The second kappa shape index (κ2) is 9.05. The molecule has 0 saturated carbocycles. The molecule has 6 nitrogen and oxygen atoms in total. The Labute approximate surface area is 155 Å². The first-order valence-electron chi connectivity index (χ1n) is 7.79. The number of ether oxygens (including phenoxy) is 2. The van der Waals surface area contributed by atoms with Crippen LogP contribution in [0.5, 0.6) is 0 Å². The molecule has 0 bridgehead atoms. The van der Waals surface area contributed by atoms with E-state index in [1.54, 1.807) is 6.92 Å². The summed E-state index contributed by atoms with van der Waals surface area (Å²) in [7, 11) is 2.50. The molecule has 2 rings (SSSR count). The fourth-order valence-electron chi connectivity index (χ4n) is 2.17. The summed E-state index contributed by atoms with van der Waals surface area (Å²) in [4.78, 5) is 37.1. The second-order valence-electron chi connectivity index (χ2n) is 5.31. The number of thioether (sulfide) groups is 1. The average molecular weight is 373 g/mol. The lowest BCUT2D eigenvalue weighted by atomic mass is 10.1. The lowest BCUT2D eigenvalue weighted by Gasteiger charge is -2.15. The van der Waals surface area contributed by atoms with Gasteiger partial charge < -0.3 is 14.8 Å². The SMILES string of the molecule is COC(=O)c1ccc(C(=O)OC)c(NC(=O)C(C)Sc2ccccc2)c1.